The number of aromatic nitrogens is 3. The molecule has 0 saturated carbocycles. The van der Waals surface area contributed by atoms with Crippen molar-refractivity contribution in [1.29, 1.82) is 0 Å². The summed E-state index contributed by atoms with van der Waals surface area (Å²) in [4.78, 5) is 0. The summed E-state index contributed by atoms with van der Waals surface area (Å²) in [5, 5.41) is 8.44. The molecule has 2 heterocycles. The Hall–Kier alpha value is -0.550. The first kappa shape index (κ1) is 13.4. The summed E-state index contributed by atoms with van der Waals surface area (Å²) in [6, 6.07) is 3.57. The topological polar surface area (TPSA) is 56.2 Å². The van der Waals surface area contributed by atoms with Gasteiger partial charge in [0.15, 0.2) is 11.5 Å². The molecule has 7 heteroatoms. The summed E-state index contributed by atoms with van der Waals surface area (Å²) < 4.78 is 1.78. The summed E-state index contributed by atoms with van der Waals surface area (Å²) >= 11 is 5.79. The minimum atomic E-state index is 0. The highest BCUT2D eigenvalue weighted by atomic mass is 35.5. The largest absolute Gasteiger partial charge is 0.324 e. The smallest absolute Gasteiger partial charge is 0.160 e. The van der Waals surface area contributed by atoms with E-state index in [9.17, 15) is 0 Å². The molecule has 0 saturated heterocycles. The van der Waals surface area contributed by atoms with Crippen LogP contribution in [0.3, 0.4) is 0 Å². The van der Waals surface area contributed by atoms with Crippen molar-refractivity contribution in [3.05, 3.63) is 29.2 Å². The van der Waals surface area contributed by atoms with Gasteiger partial charge in [-0.05, 0) is 12.1 Å². The lowest BCUT2D eigenvalue weighted by atomic mass is 10.4. The van der Waals surface area contributed by atoms with Gasteiger partial charge in [0.2, 0.25) is 0 Å². The SMILES string of the molecule is Cl.Cl.NCc1nnc2ccc(Cl)cn12. The third-order valence-electron chi connectivity index (χ3n) is 1.62. The Morgan fingerprint density at radius 1 is 1.29 bits per heavy atom. The highest BCUT2D eigenvalue weighted by Crippen LogP contribution is 2.10. The number of nitrogens with two attached hydrogens (primary N) is 1. The summed E-state index contributed by atoms with van der Waals surface area (Å²) in [7, 11) is 0. The molecule has 0 fully saturated rings. The van der Waals surface area contributed by atoms with E-state index in [1.807, 2.05) is 0 Å². The minimum Gasteiger partial charge on any atom is -0.324 e. The van der Waals surface area contributed by atoms with Crippen molar-refractivity contribution in [3.63, 3.8) is 0 Å². The maximum Gasteiger partial charge on any atom is 0.160 e. The van der Waals surface area contributed by atoms with Crippen molar-refractivity contribution in [2.45, 2.75) is 6.54 Å². The summed E-state index contributed by atoms with van der Waals surface area (Å²) in [5.74, 6) is 0.715. The maximum absolute atomic E-state index is 5.79. The van der Waals surface area contributed by atoms with Gasteiger partial charge >= 0.3 is 0 Å². The number of hydrogen-bond donors (Lipinski definition) is 1. The first-order chi connectivity index (χ1) is 5.81. The lowest BCUT2D eigenvalue weighted by Crippen LogP contribution is -2.02. The Kier molecular flexibility index (Phi) is 5.15. The lowest BCUT2D eigenvalue weighted by molar-refractivity contribution is 0.883. The number of nitrogens with zero attached hydrogens (tertiary/aromatic N) is 3. The van der Waals surface area contributed by atoms with Crippen molar-refractivity contribution in [2.75, 3.05) is 0 Å². The van der Waals surface area contributed by atoms with Crippen molar-refractivity contribution in [3.8, 4) is 0 Å². The monoisotopic (exact) mass is 254 g/mol. The van der Waals surface area contributed by atoms with Crippen molar-refractivity contribution in [2.24, 2.45) is 5.73 Å². The third-order valence-corrected chi connectivity index (χ3v) is 1.84. The Bertz CT molecular complexity index is 414. The van der Waals surface area contributed by atoms with Gasteiger partial charge in [0.05, 0.1) is 11.6 Å². The average molecular weight is 256 g/mol. The molecular formula is C7H9Cl3N4. The van der Waals surface area contributed by atoms with Crippen molar-refractivity contribution >= 4 is 42.1 Å². The quantitative estimate of drug-likeness (QED) is 0.843. The molecular weight excluding hydrogens is 246 g/mol. The normalized spacial score (nSPS) is 9.29. The van der Waals surface area contributed by atoms with E-state index in [4.69, 9.17) is 17.3 Å². The number of halogens is 3. The first-order valence-corrected chi connectivity index (χ1v) is 3.88. The molecule has 0 bridgehead atoms. The van der Waals surface area contributed by atoms with Crippen molar-refractivity contribution < 1.29 is 0 Å². The van der Waals surface area contributed by atoms with E-state index in [0.29, 0.717) is 17.4 Å². The average Bonchev–Trinajstić information content (AvgIpc) is 2.46. The van der Waals surface area contributed by atoms with E-state index in [2.05, 4.69) is 10.2 Å². The van der Waals surface area contributed by atoms with Gasteiger partial charge in [-0.25, -0.2) is 0 Å². The minimum absolute atomic E-state index is 0. The fraction of sp³-hybridized carbons (Fsp3) is 0.143. The van der Waals surface area contributed by atoms with E-state index < -0.39 is 0 Å². The molecule has 0 aliphatic rings. The van der Waals surface area contributed by atoms with E-state index in [1.165, 1.54) is 0 Å². The molecule has 2 aromatic heterocycles. The van der Waals surface area contributed by atoms with Crippen LogP contribution in [-0.4, -0.2) is 14.6 Å². The molecule has 2 N–H and O–H groups in total. The zero-order valence-electron chi connectivity index (χ0n) is 7.05. The Labute approximate surface area is 98.3 Å². The second kappa shape index (κ2) is 5.36. The molecule has 0 unspecified atom stereocenters. The van der Waals surface area contributed by atoms with Crippen LogP contribution >= 0.6 is 36.4 Å². The molecule has 78 valence electrons. The van der Waals surface area contributed by atoms with Gasteiger partial charge in [-0.2, -0.15) is 0 Å². The molecule has 0 aromatic carbocycles. The van der Waals surface area contributed by atoms with Crippen LogP contribution in [0.15, 0.2) is 18.3 Å². The third kappa shape index (κ3) is 2.27. The van der Waals surface area contributed by atoms with Gasteiger partial charge in [-0.15, -0.1) is 35.0 Å². The predicted molar refractivity (Wildman–Crippen MR) is 60.4 cm³/mol. The molecule has 0 aliphatic heterocycles. The number of fused-ring (bicyclic) bond motifs is 1. The molecule has 14 heavy (non-hydrogen) atoms. The van der Waals surface area contributed by atoms with Crippen LogP contribution in [0.25, 0.3) is 5.65 Å². The van der Waals surface area contributed by atoms with Gasteiger partial charge in [-0.3, -0.25) is 4.40 Å². The van der Waals surface area contributed by atoms with E-state index >= 15 is 0 Å². The first-order valence-electron chi connectivity index (χ1n) is 3.50. The number of rotatable bonds is 1. The van der Waals surface area contributed by atoms with Gasteiger partial charge in [0.25, 0.3) is 0 Å². The Morgan fingerprint density at radius 2 is 2.00 bits per heavy atom. The highest BCUT2D eigenvalue weighted by Gasteiger charge is 2.02. The van der Waals surface area contributed by atoms with Crippen LogP contribution in [0.1, 0.15) is 5.82 Å². The molecule has 2 aromatic rings. The fourth-order valence-corrected chi connectivity index (χ4v) is 1.21. The van der Waals surface area contributed by atoms with E-state index in [-0.39, 0.29) is 24.8 Å². The van der Waals surface area contributed by atoms with Gasteiger partial charge in [-0.1, -0.05) is 11.6 Å². The van der Waals surface area contributed by atoms with E-state index in [1.54, 1.807) is 22.7 Å². The van der Waals surface area contributed by atoms with Gasteiger partial charge < -0.3 is 5.73 Å². The summed E-state index contributed by atoms with van der Waals surface area (Å²) in [5.41, 5.74) is 6.21. The number of hydrogen-bond acceptors (Lipinski definition) is 3. The zero-order valence-corrected chi connectivity index (χ0v) is 9.44. The number of pyridine rings is 1. The van der Waals surface area contributed by atoms with Crippen molar-refractivity contribution in [1.82, 2.24) is 14.6 Å². The molecule has 0 amide bonds. The molecule has 4 nitrogen and oxygen atoms in total. The highest BCUT2D eigenvalue weighted by molar-refractivity contribution is 6.30. The lowest BCUT2D eigenvalue weighted by Gasteiger charge is -1.95. The van der Waals surface area contributed by atoms with Crippen LogP contribution < -0.4 is 5.73 Å². The molecule has 0 atom stereocenters. The predicted octanol–water partition coefficient (Wildman–Crippen LogP) is 1.68. The fourth-order valence-electron chi connectivity index (χ4n) is 1.05. The van der Waals surface area contributed by atoms with Gasteiger partial charge in [0.1, 0.15) is 0 Å². The summed E-state index contributed by atoms with van der Waals surface area (Å²) in [6.07, 6.45) is 1.75. The maximum atomic E-state index is 5.79. The van der Waals surface area contributed by atoms with Crippen LogP contribution in [0.2, 0.25) is 5.02 Å². The van der Waals surface area contributed by atoms with Gasteiger partial charge in [0, 0.05) is 6.20 Å². The van der Waals surface area contributed by atoms with E-state index in [0.717, 1.165) is 5.65 Å². The molecule has 0 radical (unpaired) electrons. The zero-order chi connectivity index (χ0) is 8.55. The molecule has 0 spiro atoms. The van der Waals surface area contributed by atoms with Crippen LogP contribution in [-0.2, 0) is 6.54 Å². The Morgan fingerprint density at radius 3 is 2.64 bits per heavy atom. The standard InChI is InChI=1S/C7H7ClN4.2ClH/c8-5-1-2-6-10-11-7(3-9)12(6)4-5;;/h1-2,4H,3,9H2;2*1H. The second-order valence-electron chi connectivity index (χ2n) is 2.40. The Balaban J connectivity index is 0.000000845. The molecule has 0 aliphatic carbocycles. The summed E-state index contributed by atoms with van der Waals surface area (Å²) in [6.45, 7) is 0.363. The van der Waals surface area contributed by atoms with Crippen LogP contribution in [0.4, 0.5) is 0 Å². The van der Waals surface area contributed by atoms with Crippen LogP contribution in [0, 0.1) is 0 Å². The second-order valence-corrected chi connectivity index (χ2v) is 2.83. The van der Waals surface area contributed by atoms with Crippen LogP contribution in [0.5, 0.6) is 0 Å². The molecule has 2 rings (SSSR count).